The molecule has 0 saturated carbocycles. The van der Waals surface area contributed by atoms with E-state index >= 15 is 0 Å². The summed E-state index contributed by atoms with van der Waals surface area (Å²) in [6.07, 6.45) is 0. The van der Waals surface area contributed by atoms with Gasteiger partial charge in [-0.3, -0.25) is 14.5 Å². The Morgan fingerprint density at radius 1 is 1.31 bits per heavy atom. The molecule has 1 aliphatic rings. The van der Waals surface area contributed by atoms with Crippen LogP contribution in [0.2, 0.25) is 10.0 Å². The lowest BCUT2D eigenvalue weighted by Crippen LogP contribution is -2.43. The number of benzene rings is 1. The van der Waals surface area contributed by atoms with Gasteiger partial charge in [-0.15, -0.1) is 11.3 Å². The Morgan fingerprint density at radius 3 is 2.73 bits per heavy atom. The zero-order valence-corrected chi connectivity index (χ0v) is 16.0. The highest BCUT2D eigenvalue weighted by Crippen LogP contribution is 2.34. The molecule has 0 spiro atoms. The average molecular weight is 412 g/mol. The summed E-state index contributed by atoms with van der Waals surface area (Å²) in [5.74, 6) is -0.966. The molecule has 6 nitrogen and oxygen atoms in total. The van der Waals surface area contributed by atoms with Crippen molar-refractivity contribution in [3.8, 4) is 0 Å². The molecule has 0 aliphatic carbocycles. The van der Waals surface area contributed by atoms with Gasteiger partial charge in [0.1, 0.15) is 12.1 Å². The highest BCUT2D eigenvalue weighted by atomic mass is 35.5. The number of urea groups is 1. The Morgan fingerprint density at radius 2 is 2.08 bits per heavy atom. The topological polar surface area (TPSA) is 78.5 Å². The SMILES string of the molecule is CC1(c2ccc(Cl)cc2Cl)NC(=O)N(CC(=O)NCc2cccs2)C1=O. The summed E-state index contributed by atoms with van der Waals surface area (Å²) >= 11 is 13.6. The van der Waals surface area contributed by atoms with Crippen LogP contribution in [0.15, 0.2) is 35.7 Å². The average Bonchev–Trinajstić information content (AvgIpc) is 3.16. The van der Waals surface area contributed by atoms with Crippen LogP contribution in [0.25, 0.3) is 0 Å². The van der Waals surface area contributed by atoms with Crippen LogP contribution in [0.4, 0.5) is 4.79 Å². The van der Waals surface area contributed by atoms with E-state index in [0.717, 1.165) is 9.78 Å². The number of hydrogen-bond donors (Lipinski definition) is 2. The van der Waals surface area contributed by atoms with E-state index < -0.39 is 23.4 Å². The number of imide groups is 1. The minimum atomic E-state index is -1.35. The maximum absolute atomic E-state index is 12.8. The van der Waals surface area contributed by atoms with Crippen LogP contribution in [0.5, 0.6) is 0 Å². The lowest BCUT2D eigenvalue weighted by Gasteiger charge is -2.23. The van der Waals surface area contributed by atoms with Crippen molar-refractivity contribution >= 4 is 52.4 Å². The van der Waals surface area contributed by atoms with Crippen molar-refractivity contribution in [1.82, 2.24) is 15.5 Å². The highest BCUT2D eigenvalue weighted by Gasteiger charge is 2.50. The van der Waals surface area contributed by atoms with E-state index in [-0.39, 0.29) is 11.6 Å². The molecule has 2 aromatic rings. The zero-order chi connectivity index (χ0) is 18.9. The smallest absolute Gasteiger partial charge is 0.325 e. The second-order valence-corrected chi connectivity index (χ2v) is 7.80. The monoisotopic (exact) mass is 411 g/mol. The molecule has 1 atom stereocenters. The van der Waals surface area contributed by atoms with Crippen LogP contribution in [0.1, 0.15) is 17.4 Å². The lowest BCUT2D eigenvalue weighted by atomic mass is 9.92. The third-order valence-electron chi connectivity index (χ3n) is 4.09. The zero-order valence-electron chi connectivity index (χ0n) is 13.7. The number of nitrogens with zero attached hydrogens (tertiary/aromatic N) is 1. The number of halogens is 2. The first kappa shape index (κ1) is 18.7. The Kier molecular flexibility index (Phi) is 5.22. The first-order valence-corrected chi connectivity index (χ1v) is 9.33. The van der Waals surface area contributed by atoms with Gasteiger partial charge in [-0.1, -0.05) is 35.3 Å². The molecule has 0 radical (unpaired) electrons. The van der Waals surface area contributed by atoms with E-state index in [1.54, 1.807) is 19.1 Å². The summed E-state index contributed by atoms with van der Waals surface area (Å²) in [5.41, 5.74) is -0.935. The molecular weight excluding hydrogens is 397 g/mol. The van der Waals surface area contributed by atoms with Crippen LogP contribution < -0.4 is 10.6 Å². The van der Waals surface area contributed by atoms with Crippen molar-refractivity contribution < 1.29 is 14.4 Å². The highest BCUT2D eigenvalue weighted by molar-refractivity contribution is 7.09. The van der Waals surface area contributed by atoms with Crippen molar-refractivity contribution in [2.75, 3.05) is 6.54 Å². The molecule has 0 bridgehead atoms. The largest absolute Gasteiger partial charge is 0.350 e. The first-order chi connectivity index (χ1) is 12.3. The number of hydrogen-bond acceptors (Lipinski definition) is 4. The maximum atomic E-state index is 12.8. The van der Waals surface area contributed by atoms with Gasteiger partial charge in [0, 0.05) is 20.5 Å². The molecule has 1 unspecified atom stereocenters. The summed E-state index contributed by atoms with van der Waals surface area (Å²) in [7, 11) is 0. The molecular formula is C17H15Cl2N3O3S. The molecule has 2 N–H and O–H groups in total. The Hall–Kier alpha value is -2.09. The van der Waals surface area contributed by atoms with Gasteiger partial charge in [0.15, 0.2) is 0 Å². The van der Waals surface area contributed by atoms with Crippen molar-refractivity contribution in [3.05, 3.63) is 56.2 Å². The summed E-state index contributed by atoms with van der Waals surface area (Å²) in [4.78, 5) is 39.1. The normalized spacial score (nSPS) is 19.6. The number of carbonyl (C=O) groups excluding carboxylic acids is 3. The summed E-state index contributed by atoms with van der Waals surface area (Å²) in [6.45, 7) is 1.53. The van der Waals surface area contributed by atoms with Gasteiger partial charge in [-0.2, -0.15) is 0 Å². The molecule has 2 heterocycles. The summed E-state index contributed by atoms with van der Waals surface area (Å²) in [6, 6.07) is 7.80. The van der Waals surface area contributed by atoms with Gasteiger partial charge in [-0.25, -0.2) is 4.79 Å². The molecule has 1 aliphatic heterocycles. The summed E-state index contributed by atoms with van der Waals surface area (Å²) < 4.78 is 0. The molecule has 4 amide bonds. The van der Waals surface area contributed by atoms with Crippen molar-refractivity contribution in [2.24, 2.45) is 0 Å². The third-order valence-corrected chi connectivity index (χ3v) is 5.51. The van der Waals surface area contributed by atoms with E-state index in [1.165, 1.54) is 17.4 Å². The van der Waals surface area contributed by atoms with Gasteiger partial charge in [-0.05, 0) is 30.5 Å². The first-order valence-electron chi connectivity index (χ1n) is 7.70. The Bertz CT molecular complexity index is 872. The van der Waals surface area contributed by atoms with Crippen LogP contribution in [0, 0.1) is 0 Å². The predicted molar refractivity (Wildman–Crippen MR) is 100 cm³/mol. The van der Waals surface area contributed by atoms with Crippen LogP contribution in [-0.4, -0.2) is 29.3 Å². The fourth-order valence-electron chi connectivity index (χ4n) is 2.72. The van der Waals surface area contributed by atoms with Crippen molar-refractivity contribution in [3.63, 3.8) is 0 Å². The second-order valence-electron chi connectivity index (χ2n) is 5.93. The minimum absolute atomic E-state index is 0.262. The molecule has 3 rings (SSSR count). The molecule has 1 fully saturated rings. The van der Waals surface area contributed by atoms with Crippen LogP contribution in [-0.2, 0) is 21.7 Å². The van der Waals surface area contributed by atoms with Gasteiger partial charge in [0.25, 0.3) is 5.91 Å². The molecule has 1 saturated heterocycles. The number of amides is 4. The fourth-order valence-corrected chi connectivity index (χ4v) is 3.96. The van der Waals surface area contributed by atoms with Crippen molar-refractivity contribution in [1.29, 1.82) is 0 Å². The molecule has 1 aromatic heterocycles. The number of nitrogens with one attached hydrogen (secondary N) is 2. The molecule has 26 heavy (non-hydrogen) atoms. The third kappa shape index (κ3) is 3.56. The minimum Gasteiger partial charge on any atom is -0.350 e. The lowest BCUT2D eigenvalue weighted by molar-refractivity contribution is -0.134. The maximum Gasteiger partial charge on any atom is 0.325 e. The molecule has 9 heteroatoms. The Balaban J connectivity index is 1.72. The van der Waals surface area contributed by atoms with Crippen LogP contribution >= 0.6 is 34.5 Å². The van der Waals surface area contributed by atoms with E-state index in [2.05, 4.69) is 10.6 Å². The van der Waals surface area contributed by atoms with E-state index in [9.17, 15) is 14.4 Å². The van der Waals surface area contributed by atoms with Crippen molar-refractivity contribution in [2.45, 2.75) is 19.0 Å². The van der Waals surface area contributed by atoms with E-state index in [1.807, 2.05) is 17.5 Å². The van der Waals surface area contributed by atoms with Gasteiger partial charge >= 0.3 is 6.03 Å². The predicted octanol–water partition coefficient (Wildman–Crippen LogP) is 3.14. The number of rotatable bonds is 5. The second kappa shape index (κ2) is 7.26. The quantitative estimate of drug-likeness (QED) is 0.741. The fraction of sp³-hybridized carbons (Fsp3) is 0.235. The van der Waals surface area contributed by atoms with Gasteiger partial charge in [0.2, 0.25) is 5.91 Å². The van der Waals surface area contributed by atoms with E-state index in [4.69, 9.17) is 23.2 Å². The van der Waals surface area contributed by atoms with E-state index in [0.29, 0.717) is 17.1 Å². The number of thiophene rings is 1. The van der Waals surface area contributed by atoms with Crippen LogP contribution in [0.3, 0.4) is 0 Å². The number of carbonyl (C=O) groups is 3. The molecule has 1 aromatic carbocycles. The standard InChI is InChI=1S/C17H15Cl2N3O3S/c1-17(12-5-4-10(18)7-13(12)19)15(24)22(16(25)21-17)9-14(23)20-8-11-3-2-6-26-11/h2-7H,8-9H2,1H3,(H,20,23)(H,21,25). The Labute approximate surface area is 164 Å². The summed E-state index contributed by atoms with van der Waals surface area (Å²) in [5, 5.41) is 7.89. The van der Waals surface area contributed by atoms with Gasteiger partial charge in [0.05, 0.1) is 6.54 Å². The molecule has 136 valence electrons. The van der Waals surface area contributed by atoms with Gasteiger partial charge < -0.3 is 10.6 Å².